The first-order valence-electron chi connectivity index (χ1n) is 6.85. The van der Waals surface area contributed by atoms with E-state index >= 15 is 0 Å². The molecular formula is C16H20N2O2. The minimum Gasteiger partial charge on any atom is -0.453 e. The summed E-state index contributed by atoms with van der Waals surface area (Å²) in [5.41, 5.74) is 3.95. The summed E-state index contributed by atoms with van der Waals surface area (Å²) in [5, 5.41) is 6.06. The molecule has 106 valence electrons. The molecule has 1 aliphatic carbocycles. The summed E-state index contributed by atoms with van der Waals surface area (Å²) in [4.78, 5) is 11.0. The Kier molecular flexibility index (Phi) is 5.03. The van der Waals surface area contributed by atoms with Gasteiger partial charge in [0, 0.05) is 12.6 Å². The molecule has 4 nitrogen and oxygen atoms in total. The lowest BCUT2D eigenvalue weighted by molar-refractivity contribution is 0.171. The molecule has 2 rings (SSSR count). The maximum absolute atomic E-state index is 11.0. The molecule has 0 aliphatic heterocycles. The molecule has 1 amide bonds. The van der Waals surface area contributed by atoms with Gasteiger partial charge in [-0.3, -0.25) is 5.32 Å². The lowest BCUT2D eigenvalue weighted by atomic mass is 10.0. The van der Waals surface area contributed by atoms with Crippen LogP contribution in [0, 0.1) is 12.3 Å². The summed E-state index contributed by atoms with van der Waals surface area (Å²) < 4.78 is 4.54. The van der Waals surface area contributed by atoms with E-state index in [1.807, 2.05) is 0 Å². The van der Waals surface area contributed by atoms with E-state index in [1.165, 1.54) is 23.8 Å². The number of rotatable bonds is 5. The number of hydrogen-bond donors (Lipinski definition) is 2. The van der Waals surface area contributed by atoms with Crippen molar-refractivity contribution in [2.45, 2.75) is 25.3 Å². The number of hydrogen-bond acceptors (Lipinski definition) is 3. The van der Waals surface area contributed by atoms with Gasteiger partial charge in [-0.2, -0.15) is 0 Å². The first-order chi connectivity index (χ1) is 9.74. The number of amides is 1. The summed E-state index contributed by atoms with van der Waals surface area (Å²) >= 11 is 0. The quantitative estimate of drug-likeness (QED) is 0.804. The highest BCUT2D eigenvalue weighted by atomic mass is 16.5. The van der Waals surface area contributed by atoms with E-state index in [9.17, 15) is 4.79 Å². The second-order valence-corrected chi connectivity index (χ2v) is 4.88. The smallest absolute Gasteiger partial charge is 0.406 e. The zero-order valence-electron chi connectivity index (χ0n) is 11.7. The molecule has 0 spiro atoms. The van der Waals surface area contributed by atoms with E-state index < -0.39 is 0 Å². The fourth-order valence-electron chi connectivity index (χ4n) is 2.58. The Morgan fingerprint density at radius 3 is 3.15 bits per heavy atom. The van der Waals surface area contributed by atoms with Gasteiger partial charge < -0.3 is 10.1 Å². The van der Waals surface area contributed by atoms with E-state index in [0.717, 1.165) is 19.3 Å². The van der Waals surface area contributed by atoms with E-state index in [0.29, 0.717) is 19.1 Å². The van der Waals surface area contributed by atoms with Gasteiger partial charge >= 0.3 is 6.09 Å². The molecule has 0 saturated carbocycles. The molecule has 20 heavy (non-hydrogen) atoms. The van der Waals surface area contributed by atoms with Crippen molar-refractivity contribution in [1.29, 1.82) is 0 Å². The van der Waals surface area contributed by atoms with E-state index in [1.54, 1.807) is 0 Å². The standard InChI is InChI=1S/C16H20N2O2/c1-3-9-17-15-7-6-13-5-4-12(11-14(13)15)8-10-18-16(19)20-2/h1,4-5,11,15,17H,6-10H2,2H3,(H,18,19)/t15-/m0/s1. The Morgan fingerprint density at radius 2 is 2.40 bits per heavy atom. The van der Waals surface area contributed by atoms with Crippen molar-refractivity contribution in [2.24, 2.45) is 0 Å². The monoisotopic (exact) mass is 272 g/mol. The molecule has 0 radical (unpaired) electrons. The average molecular weight is 272 g/mol. The summed E-state index contributed by atoms with van der Waals surface area (Å²) in [5.74, 6) is 2.62. The molecule has 0 heterocycles. The normalized spacial score (nSPS) is 16.3. The zero-order chi connectivity index (χ0) is 14.4. The van der Waals surface area contributed by atoms with E-state index in [-0.39, 0.29) is 6.09 Å². The SMILES string of the molecule is C#CCN[C@H]1CCc2ccc(CCNC(=O)OC)cc21. The van der Waals surface area contributed by atoms with Gasteiger partial charge in [-0.05, 0) is 36.0 Å². The van der Waals surface area contributed by atoms with Crippen molar-refractivity contribution in [2.75, 3.05) is 20.2 Å². The summed E-state index contributed by atoms with van der Waals surface area (Å²) in [6.07, 6.45) is 7.90. The van der Waals surface area contributed by atoms with E-state index in [4.69, 9.17) is 6.42 Å². The molecule has 1 aromatic carbocycles. The van der Waals surface area contributed by atoms with Gasteiger partial charge in [0.25, 0.3) is 0 Å². The van der Waals surface area contributed by atoms with Gasteiger partial charge in [0.15, 0.2) is 0 Å². The first-order valence-corrected chi connectivity index (χ1v) is 6.85. The molecule has 1 aromatic rings. The maximum Gasteiger partial charge on any atom is 0.406 e. The highest BCUT2D eigenvalue weighted by Gasteiger charge is 2.21. The molecule has 0 saturated heterocycles. The van der Waals surface area contributed by atoms with Crippen LogP contribution >= 0.6 is 0 Å². The van der Waals surface area contributed by atoms with Crippen molar-refractivity contribution in [1.82, 2.24) is 10.6 Å². The summed E-state index contributed by atoms with van der Waals surface area (Å²) in [7, 11) is 1.37. The van der Waals surface area contributed by atoms with Crippen molar-refractivity contribution in [3.05, 3.63) is 34.9 Å². The number of benzene rings is 1. The highest BCUT2D eigenvalue weighted by Crippen LogP contribution is 2.31. The van der Waals surface area contributed by atoms with Crippen molar-refractivity contribution in [3.8, 4) is 12.3 Å². The third-order valence-electron chi connectivity index (χ3n) is 3.61. The van der Waals surface area contributed by atoms with Crippen LogP contribution in [0.1, 0.15) is 29.2 Å². The third kappa shape index (κ3) is 3.52. The third-order valence-corrected chi connectivity index (χ3v) is 3.61. The van der Waals surface area contributed by atoms with Gasteiger partial charge in [0.1, 0.15) is 0 Å². The first kappa shape index (κ1) is 14.4. The van der Waals surface area contributed by atoms with Crippen LogP contribution in [-0.4, -0.2) is 26.3 Å². The lowest BCUT2D eigenvalue weighted by Gasteiger charge is -2.13. The number of terminal acetylenes is 1. The van der Waals surface area contributed by atoms with Crippen LogP contribution in [0.2, 0.25) is 0 Å². The molecule has 1 aliphatic rings. The highest BCUT2D eigenvalue weighted by molar-refractivity contribution is 5.66. The number of methoxy groups -OCH3 is 1. The number of ether oxygens (including phenoxy) is 1. The Labute approximate surface area is 119 Å². The number of alkyl carbamates (subject to hydrolysis) is 1. The summed E-state index contributed by atoms with van der Waals surface area (Å²) in [6, 6.07) is 6.88. The second-order valence-electron chi connectivity index (χ2n) is 4.88. The fraction of sp³-hybridized carbons (Fsp3) is 0.438. The van der Waals surface area contributed by atoms with Crippen molar-refractivity contribution in [3.63, 3.8) is 0 Å². The van der Waals surface area contributed by atoms with Crippen LogP contribution in [0.25, 0.3) is 0 Å². The zero-order valence-corrected chi connectivity index (χ0v) is 11.7. The second kappa shape index (κ2) is 6.97. The largest absolute Gasteiger partial charge is 0.453 e. The number of fused-ring (bicyclic) bond motifs is 1. The van der Waals surface area contributed by atoms with Crippen LogP contribution in [0.15, 0.2) is 18.2 Å². The molecule has 1 atom stereocenters. The summed E-state index contributed by atoms with van der Waals surface area (Å²) in [6.45, 7) is 1.17. The minimum absolute atomic E-state index is 0.356. The minimum atomic E-state index is -0.389. The van der Waals surface area contributed by atoms with Crippen LogP contribution in [0.3, 0.4) is 0 Å². The van der Waals surface area contributed by atoms with Crippen molar-refractivity contribution < 1.29 is 9.53 Å². The van der Waals surface area contributed by atoms with E-state index in [2.05, 4.69) is 39.5 Å². The molecule has 0 aromatic heterocycles. The molecule has 0 bridgehead atoms. The molecule has 4 heteroatoms. The Bertz CT molecular complexity index is 520. The van der Waals surface area contributed by atoms with Gasteiger partial charge in [0.2, 0.25) is 0 Å². The molecule has 0 fully saturated rings. The Hall–Kier alpha value is -1.99. The van der Waals surface area contributed by atoms with Gasteiger partial charge in [-0.15, -0.1) is 6.42 Å². The van der Waals surface area contributed by atoms with Crippen LogP contribution < -0.4 is 10.6 Å². The molecule has 2 N–H and O–H groups in total. The van der Waals surface area contributed by atoms with Crippen molar-refractivity contribution >= 4 is 6.09 Å². The Morgan fingerprint density at radius 1 is 1.55 bits per heavy atom. The topological polar surface area (TPSA) is 50.4 Å². The average Bonchev–Trinajstić information content (AvgIpc) is 2.87. The number of carbonyl (C=O) groups is 1. The lowest BCUT2D eigenvalue weighted by Crippen LogP contribution is -2.25. The van der Waals surface area contributed by atoms with Gasteiger partial charge in [-0.25, -0.2) is 4.79 Å². The fourth-order valence-corrected chi connectivity index (χ4v) is 2.58. The Balaban J connectivity index is 1.96. The van der Waals surface area contributed by atoms with Gasteiger partial charge in [0.05, 0.1) is 13.7 Å². The van der Waals surface area contributed by atoms with Crippen LogP contribution in [0.4, 0.5) is 4.79 Å². The van der Waals surface area contributed by atoms with Crippen LogP contribution in [-0.2, 0) is 17.6 Å². The predicted molar refractivity (Wildman–Crippen MR) is 78.5 cm³/mol. The number of nitrogens with one attached hydrogen (secondary N) is 2. The predicted octanol–water partition coefficient (Wildman–Crippen LogP) is 1.80. The van der Waals surface area contributed by atoms with Crippen LogP contribution in [0.5, 0.6) is 0 Å². The number of carbonyl (C=O) groups excluding carboxylic acids is 1. The molecule has 0 unspecified atom stereocenters. The number of aryl methyl sites for hydroxylation is 1. The molecular weight excluding hydrogens is 252 g/mol. The maximum atomic E-state index is 11.0. The van der Waals surface area contributed by atoms with Gasteiger partial charge in [-0.1, -0.05) is 24.1 Å².